The predicted octanol–water partition coefficient (Wildman–Crippen LogP) is 6.05. The zero-order valence-corrected chi connectivity index (χ0v) is 18.5. The van der Waals surface area contributed by atoms with Crippen LogP contribution in [-0.4, -0.2) is 29.5 Å². The van der Waals surface area contributed by atoms with E-state index in [1.807, 2.05) is 17.5 Å². The summed E-state index contributed by atoms with van der Waals surface area (Å²) < 4.78 is 31.7. The molecule has 1 aliphatic rings. The van der Waals surface area contributed by atoms with E-state index < -0.39 is 5.82 Å². The summed E-state index contributed by atoms with van der Waals surface area (Å²) in [5, 5.41) is 5.26. The minimum Gasteiger partial charge on any atom is -0.380 e. The summed E-state index contributed by atoms with van der Waals surface area (Å²) in [6.45, 7) is 3.51. The van der Waals surface area contributed by atoms with Gasteiger partial charge in [0.15, 0.2) is 0 Å². The standard InChI is InChI=1S/C21H21ClF2N4S2/c22-16-9-20(30-27-21-12-29-13-26-21)18(24)10-19(16)25-11-15-8-14(2-3-17(15)23)4-7-28-5-1-6-28/h2-3,8-10,12-13,25,27H,1,4-7,11H2. The first-order valence-electron chi connectivity index (χ1n) is 9.62. The number of likely N-dealkylation sites (tertiary alicyclic amines) is 1. The van der Waals surface area contributed by atoms with Gasteiger partial charge in [-0.2, -0.15) is 0 Å². The maximum atomic E-state index is 14.5. The highest BCUT2D eigenvalue weighted by Gasteiger charge is 2.14. The third-order valence-corrected chi connectivity index (χ3v) is 6.71. The molecule has 2 aromatic carbocycles. The van der Waals surface area contributed by atoms with Crippen molar-refractivity contribution in [2.75, 3.05) is 29.7 Å². The average Bonchev–Trinajstić information content (AvgIpc) is 3.21. The van der Waals surface area contributed by atoms with Gasteiger partial charge in [-0.3, -0.25) is 0 Å². The lowest BCUT2D eigenvalue weighted by atomic mass is 10.1. The molecule has 1 fully saturated rings. The van der Waals surface area contributed by atoms with E-state index in [1.165, 1.54) is 29.9 Å². The number of nitrogens with zero attached hydrogens (tertiary/aromatic N) is 2. The molecule has 0 aliphatic carbocycles. The fraction of sp³-hybridized carbons (Fsp3) is 0.286. The first kappa shape index (κ1) is 21.4. The maximum Gasteiger partial charge on any atom is 0.147 e. The molecule has 0 spiro atoms. The van der Waals surface area contributed by atoms with Crippen LogP contribution in [0.15, 0.2) is 46.1 Å². The fourth-order valence-corrected chi connectivity index (χ4v) is 4.63. The van der Waals surface area contributed by atoms with Gasteiger partial charge in [-0.15, -0.1) is 11.3 Å². The molecular formula is C21H21ClF2N4S2. The molecule has 0 unspecified atom stereocenters. The van der Waals surface area contributed by atoms with Gasteiger partial charge in [0, 0.05) is 24.0 Å². The van der Waals surface area contributed by atoms with E-state index in [0.29, 0.717) is 27.0 Å². The molecule has 0 amide bonds. The van der Waals surface area contributed by atoms with E-state index >= 15 is 0 Å². The van der Waals surface area contributed by atoms with Crippen LogP contribution < -0.4 is 10.0 Å². The molecule has 1 saturated heterocycles. The third-order valence-electron chi connectivity index (χ3n) is 4.96. The van der Waals surface area contributed by atoms with Gasteiger partial charge in [0.1, 0.15) is 17.5 Å². The Morgan fingerprint density at radius 3 is 2.77 bits per heavy atom. The molecule has 4 nitrogen and oxygen atoms in total. The van der Waals surface area contributed by atoms with Crippen molar-refractivity contribution < 1.29 is 8.78 Å². The molecule has 158 valence electrons. The third kappa shape index (κ3) is 5.43. The molecular weight excluding hydrogens is 446 g/mol. The number of anilines is 2. The average molecular weight is 467 g/mol. The Kier molecular flexibility index (Phi) is 7.09. The lowest BCUT2D eigenvalue weighted by Crippen LogP contribution is -2.38. The molecule has 4 rings (SSSR count). The molecule has 30 heavy (non-hydrogen) atoms. The van der Waals surface area contributed by atoms with Crippen LogP contribution in [0, 0.1) is 11.6 Å². The largest absolute Gasteiger partial charge is 0.380 e. The minimum absolute atomic E-state index is 0.228. The van der Waals surface area contributed by atoms with Crippen LogP contribution in [0.25, 0.3) is 0 Å². The predicted molar refractivity (Wildman–Crippen MR) is 121 cm³/mol. The first-order chi connectivity index (χ1) is 14.6. The Morgan fingerprint density at radius 2 is 2.03 bits per heavy atom. The minimum atomic E-state index is -0.418. The Balaban J connectivity index is 1.38. The van der Waals surface area contributed by atoms with Gasteiger partial charge in [-0.05, 0) is 61.6 Å². The van der Waals surface area contributed by atoms with Crippen LogP contribution >= 0.6 is 34.9 Å². The highest BCUT2D eigenvalue weighted by Crippen LogP contribution is 2.32. The summed E-state index contributed by atoms with van der Waals surface area (Å²) >= 11 is 8.88. The summed E-state index contributed by atoms with van der Waals surface area (Å²) in [5.41, 5.74) is 3.75. The zero-order chi connectivity index (χ0) is 20.9. The Bertz CT molecular complexity index is 997. The molecule has 0 atom stereocenters. The van der Waals surface area contributed by atoms with Crippen LogP contribution in [0.5, 0.6) is 0 Å². The first-order valence-corrected chi connectivity index (χ1v) is 11.8. The number of thiazole rings is 1. The van der Waals surface area contributed by atoms with Crippen molar-refractivity contribution in [3.63, 3.8) is 0 Å². The molecule has 2 N–H and O–H groups in total. The smallest absolute Gasteiger partial charge is 0.147 e. The monoisotopic (exact) mass is 466 g/mol. The highest BCUT2D eigenvalue weighted by atomic mass is 35.5. The number of benzene rings is 2. The van der Waals surface area contributed by atoms with Crippen LogP contribution in [0.3, 0.4) is 0 Å². The van der Waals surface area contributed by atoms with Crippen molar-refractivity contribution in [2.45, 2.75) is 24.3 Å². The summed E-state index contributed by atoms with van der Waals surface area (Å²) in [6, 6.07) is 8.07. The lowest BCUT2D eigenvalue weighted by Gasteiger charge is -2.30. The van der Waals surface area contributed by atoms with Crippen molar-refractivity contribution in [1.82, 2.24) is 9.88 Å². The molecule has 1 aromatic heterocycles. The molecule has 0 bridgehead atoms. The van der Waals surface area contributed by atoms with Gasteiger partial charge in [-0.25, -0.2) is 13.8 Å². The normalized spacial score (nSPS) is 13.8. The summed E-state index contributed by atoms with van der Waals surface area (Å²) in [6.07, 6.45) is 2.15. The van der Waals surface area contributed by atoms with Crippen LogP contribution in [0.2, 0.25) is 5.02 Å². The van der Waals surface area contributed by atoms with E-state index in [9.17, 15) is 8.78 Å². The van der Waals surface area contributed by atoms with Gasteiger partial charge in [0.2, 0.25) is 0 Å². The van der Waals surface area contributed by atoms with Gasteiger partial charge in [0.25, 0.3) is 0 Å². The Labute approximate surface area is 187 Å². The second-order valence-electron chi connectivity index (χ2n) is 7.06. The second kappa shape index (κ2) is 9.96. The zero-order valence-electron chi connectivity index (χ0n) is 16.1. The van der Waals surface area contributed by atoms with E-state index in [2.05, 4.69) is 19.9 Å². The molecule has 2 heterocycles. The van der Waals surface area contributed by atoms with Crippen LogP contribution in [0.1, 0.15) is 17.5 Å². The topological polar surface area (TPSA) is 40.2 Å². The number of hydrogen-bond acceptors (Lipinski definition) is 6. The number of aromatic nitrogens is 1. The molecule has 9 heteroatoms. The van der Waals surface area contributed by atoms with Crippen molar-refractivity contribution in [1.29, 1.82) is 0 Å². The quantitative estimate of drug-likeness (QED) is 0.375. The number of rotatable bonds is 9. The van der Waals surface area contributed by atoms with Crippen LogP contribution in [0.4, 0.5) is 20.3 Å². The number of halogens is 3. The summed E-state index contributed by atoms with van der Waals surface area (Å²) in [4.78, 5) is 6.83. The lowest BCUT2D eigenvalue weighted by molar-refractivity contribution is 0.184. The molecule has 0 radical (unpaired) electrons. The van der Waals surface area contributed by atoms with E-state index in [1.54, 1.807) is 11.6 Å². The van der Waals surface area contributed by atoms with E-state index in [0.717, 1.165) is 43.6 Å². The fourth-order valence-electron chi connectivity index (χ4n) is 3.11. The van der Waals surface area contributed by atoms with Gasteiger partial charge in [-0.1, -0.05) is 23.7 Å². The van der Waals surface area contributed by atoms with Crippen molar-refractivity contribution in [3.05, 3.63) is 69.0 Å². The van der Waals surface area contributed by atoms with Crippen molar-refractivity contribution in [2.24, 2.45) is 0 Å². The van der Waals surface area contributed by atoms with E-state index in [-0.39, 0.29) is 12.4 Å². The van der Waals surface area contributed by atoms with Crippen molar-refractivity contribution in [3.8, 4) is 0 Å². The van der Waals surface area contributed by atoms with Gasteiger partial charge >= 0.3 is 0 Å². The molecule has 1 aliphatic heterocycles. The summed E-state index contributed by atoms with van der Waals surface area (Å²) in [5.74, 6) is -0.0444. The van der Waals surface area contributed by atoms with Crippen molar-refractivity contribution >= 4 is 46.4 Å². The number of hydrogen-bond donors (Lipinski definition) is 2. The highest BCUT2D eigenvalue weighted by molar-refractivity contribution is 8.00. The summed E-state index contributed by atoms with van der Waals surface area (Å²) in [7, 11) is 0. The Morgan fingerprint density at radius 1 is 1.17 bits per heavy atom. The Hall–Kier alpha value is -1.87. The van der Waals surface area contributed by atoms with Gasteiger partial charge < -0.3 is 14.9 Å². The van der Waals surface area contributed by atoms with Crippen LogP contribution in [-0.2, 0) is 13.0 Å². The maximum absolute atomic E-state index is 14.5. The SMILES string of the molecule is Fc1ccc(CCN2CCC2)cc1CNc1cc(F)c(SNc2cscn2)cc1Cl. The van der Waals surface area contributed by atoms with E-state index in [4.69, 9.17) is 11.6 Å². The van der Waals surface area contributed by atoms with Gasteiger partial charge in [0.05, 0.1) is 21.1 Å². The molecule has 0 saturated carbocycles. The number of nitrogens with one attached hydrogen (secondary N) is 2. The second-order valence-corrected chi connectivity index (χ2v) is 9.04. The molecule has 3 aromatic rings.